The summed E-state index contributed by atoms with van der Waals surface area (Å²) in [7, 11) is 3.26. The molecule has 4 heteroatoms. The normalized spacial score (nSPS) is 28.2. The number of carbonyl (C=O) groups is 1. The first-order valence-corrected chi connectivity index (χ1v) is 5.65. The van der Waals surface area contributed by atoms with Crippen LogP contribution >= 0.6 is 0 Å². The smallest absolute Gasteiger partial charge is 0.307 e. The molecule has 1 aromatic rings. The standard InChI is InChI=1S/C13H14O4/c1-16-8-3-4-9(17-2)10-6(8)5-7-11(10)12(7)13(14)15/h3-4,7,11-12H,5H2,1-2H3,(H,14,15). The van der Waals surface area contributed by atoms with Crippen molar-refractivity contribution in [3.63, 3.8) is 0 Å². The molecule has 0 radical (unpaired) electrons. The molecule has 1 aromatic carbocycles. The van der Waals surface area contributed by atoms with Crippen molar-refractivity contribution in [1.29, 1.82) is 0 Å². The van der Waals surface area contributed by atoms with Crippen LogP contribution < -0.4 is 9.47 Å². The molecule has 0 heterocycles. The Morgan fingerprint density at radius 3 is 2.53 bits per heavy atom. The second-order valence-corrected chi connectivity index (χ2v) is 4.62. The molecule has 0 amide bonds. The van der Waals surface area contributed by atoms with Gasteiger partial charge in [-0.2, -0.15) is 0 Å². The first kappa shape index (κ1) is 10.4. The summed E-state index contributed by atoms with van der Waals surface area (Å²) in [5.74, 6) is 1.05. The van der Waals surface area contributed by atoms with E-state index in [4.69, 9.17) is 14.6 Å². The monoisotopic (exact) mass is 234 g/mol. The van der Waals surface area contributed by atoms with E-state index < -0.39 is 5.97 Å². The molecule has 1 fully saturated rings. The highest BCUT2D eigenvalue weighted by atomic mass is 16.5. The molecule has 0 bridgehead atoms. The quantitative estimate of drug-likeness (QED) is 0.864. The first-order chi connectivity index (χ1) is 8.19. The van der Waals surface area contributed by atoms with E-state index >= 15 is 0 Å². The average molecular weight is 234 g/mol. The fraction of sp³-hybridized carbons (Fsp3) is 0.462. The van der Waals surface area contributed by atoms with Crippen molar-refractivity contribution in [2.75, 3.05) is 14.2 Å². The van der Waals surface area contributed by atoms with Crippen LogP contribution in [0.25, 0.3) is 0 Å². The van der Waals surface area contributed by atoms with Gasteiger partial charge in [-0.05, 0) is 24.5 Å². The highest BCUT2D eigenvalue weighted by molar-refractivity contribution is 5.79. The summed E-state index contributed by atoms with van der Waals surface area (Å²) in [6.07, 6.45) is 0.789. The Bertz CT molecular complexity index is 494. The molecule has 1 saturated carbocycles. The van der Waals surface area contributed by atoms with Crippen LogP contribution in [0.3, 0.4) is 0 Å². The second kappa shape index (κ2) is 3.39. The number of ether oxygens (including phenoxy) is 2. The van der Waals surface area contributed by atoms with Crippen LogP contribution in [0.4, 0.5) is 0 Å². The van der Waals surface area contributed by atoms with Crippen LogP contribution in [-0.4, -0.2) is 25.3 Å². The van der Waals surface area contributed by atoms with Gasteiger partial charge < -0.3 is 14.6 Å². The van der Waals surface area contributed by atoms with Gasteiger partial charge in [-0.15, -0.1) is 0 Å². The van der Waals surface area contributed by atoms with Crippen LogP contribution in [0.2, 0.25) is 0 Å². The Hall–Kier alpha value is -1.71. The minimum absolute atomic E-state index is 0.118. The maximum absolute atomic E-state index is 11.1. The number of methoxy groups -OCH3 is 2. The Balaban J connectivity index is 2.07. The van der Waals surface area contributed by atoms with Gasteiger partial charge >= 0.3 is 5.97 Å². The summed E-state index contributed by atoms with van der Waals surface area (Å²) < 4.78 is 10.7. The van der Waals surface area contributed by atoms with E-state index in [1.165, 1.54) is 0 Å². The predicted octanol–water partition coefficient (Wildman–Crippen LogP) is 1.67. The fourth-order valence-electron chi connectivity index (χ4n) is 3.16. The molecule has 0 saturated heterocycles. The maximum atomic E-state index is 11.1. The summed E-state index contributed by atoms with van der Waals surface area (Å²) in [6.45, 7) is 0. The lowest BCUT2D eigenvalue weighted by Crippen LogP contribution is -2.07. The van der Waals surface area contributed by atoms with Crippen molar-refractivity contribution in [3.05, 3.63) is 23.3 Å². The van der Waals surface area contributed by atoms with Gasteiger partial charge in [0.15, 0.2) is 0 Å². The zero-order valence-corrected chi connectivity index (χ0v) is 9.77. The van der Waals surface area contributed by atoms with E-state index in [0.717, 1.165) is 29.0 Å². The van der Waals surface area contributed by atoms with Crippen molar-refractivity contribution in [1.82, 2.24) is 0 Å². The minimum atomic E-state index is -0.699. The molecule has 17 heavy (non-hydrogen) atoms. The molecule has 0 aliphatic heterocycles. The zero-order chi connectivity index (χ0) is 12.2. The van der Waals surface area contributed by atoms with Crippen LogP contribution in [0, 0.1) is 11.8 Å². The number of rotatable bonds is 3. The number of carboxylic acid groups (broad SMARTS) is 1. The molecule has 0 spiro atoms. The maximum Gasteiger partial charge on any atom is 0.307 e. The van der Waals surface area contributed by atoms with Crippen molar-refractivity contribution < 1.29 is 19.4 Å². The fourth-order valence-corrected chi connectivity index (χ4v) is 3.16. The van der Waals surface area contributed by atoms with Crippen LogP contribution in [0.5, 0.6) is 11.5 Å². The first-order valence-electron chi connectivity index (χ1n) is 5.65. The lowest BCUT2D eigenvalue weighted by molar-refractivity contribution is -0.139. The van der Waals surface area contributed by atoms with Crippen LogP contribution in [0.15, 0.2) is 12.1 Å². The molecule has 90 valence electrons. The molecule has 3 unspecified atom stereocenters. The third kappa shape index (κ3) is 1.27. The van der Waals surface area contributed by atoms with Gasteiger partial charge in [-0.1, -0.05) is 0 Å². The zero-order valence-electron chi connectivity index (χ0n) is 9.77. The summed E-state index contributed by atoms with van der Waals surface area (Å²) in [4.78, 5) is 11.1. The van der Waals surface area contributed by atoms with Gasteiger partial charge in [0.25, 0.3) is 0 Å². The number of aliphatic carboxylic acids is 1. The van der Waals surface area contributed by atoms with Crippen LogP contribution in [0.1, 0.15) is 17.0 Å². The molecule has 2 aliphatic carbocycles. The summed E-state index contributed by atoms with van der Waals surface area (Å²) in [6, 6.07) is 3.75. The van der Waals surface area contributed by atoms with E-state index in [1.807, 2.05) is 12.1 Å². The van der Waals surface area contributed by atoms with E-state index in [0.29, 0.717) is 0 Å². The molecular weight excluding hydrogens is 220 g/mol. The van der Waals surface area contributed by atoms with Gasteiger partial charge in [0.05, 0.1) is 20.1 Å². The largest absolute Gasteiger partial charge is 0.496 e. The van der Waals surface area contributed by atoms with Crippen molar-refractivity contribution in [3.8, 4) is 11.5 Å². The van der Waals surface area contributed by atoms with Crippen LogP contribution in [-0.2, 0) is 11.2 Å². The molecular formula is C13H14O4. The number of benzene rings is 1. The molecule has 0 aromatic heterocycles. The summed E-state index contributed by atoms with van der Waals surface area (Å²) in [5.41, 5.74) is 2.17. The van der Waals surface area contributed by atoms with E-state index in [-0.39, 0.29) is 17.8 Å². The van der Waals surface area contributed by atoms with Gasteiger partial charge in [-0.25, -0.2) is 0 Å². The summed E-state index contributed by atoms with van der Waals surface area (Å²) in [5, 5.41) is 9.10. The van der Waals surface area contributed by atoms with Crippen molar-refractivity contribution in [2.24, 2.45) is 11.8 Å². The number of fused-ring (bicyclic) bond motifs is 3. The van der Waals surface area contributed by atoms with Crippen molar-refractivity contribution in [2.45, 2.75) is 12.3 Å². The number of hydrogen-bond donors (Lipinski definition) is 1. The van der Waals surface area contributed by atoms with Gasteiger partial charge in [0, 0.05) is 17.0 Å². The third-order valence-corrected chi connectivity index (χ3v) is 3.94. The van der Waals surface area contributed by atoms with E-state index in [2.05, 4.69) is 0 Å². The lowest BCUT2D eigenvalue weighted by Gasteiger charge is -2.14. The predicted molar refractivity (Wildman–Crippen MR) is 60.6 cm³/mol. The molecule has 1 N–H and O–H groups in total. The number of carboxylic acids is 1. The molecule has 4 nitrogen and oxygen atoms in total. The highest BCUT2D eigenvalue weighted by Crippen LogP contribution is 2.64. The summed E-state index contributed by atoms with van der Waals surface area (Å²) >= 11 is 0. The van der Waals surface area contributed by atoms with E-state index in [1.54, 1.807) is 14.2 Å². The van der Waals surface area contributed by atoms with E-state index in [9.17, 15) is 4.79 Å². The minimum Gasteiger partial charge on any atom is -0.496 e. The highest BCUT2D eigenvalue weighted by Gasteiger charge is 2.61. The SMILES string of the molecule is COc1ccc(OC)c2c1CC1C(C(=O)O)C21. The number of hydrogen-bond acceptors (Lipinski definition) is 3. The van der Waals surface area contributed by atoms with Gasteiger partial charge in [-0.3, -0.25) is 4.79 Å². The molecule has 3 rings (SSSR count). The lowest BCUT2D eigenvalue weighted by atomic mass is 10.00. The Morgan fingerprint density at radius 1 is 1.29 bits per heavy atom. The molecule has 2 aliphatic rings. The van der Waals surface area contributed by atoms with Gasteiger partial charge in [0.2, 0.25) is 0 Å². The Kier molecular flexibility index (Phi) is 2.08. The van der Waals surface area contributed by atoms with Crippen molar-refractivity contribution >= 4 is 5.97 Å². The van der Waals surface area contributed by atoms with Gasteiger partial charge in [0.1, 0.15) is 11.5 Å². The average Bonchev–Trinajstić information content (AvgIpc) is 2.91. The molecule has 3 atom stereocenters. The third-order valence-electron chi connectivity index (χ3n) is 3.94. The second-order valence-electron chi connectivity index (χ2n) is 4.62. The Morgan fingerprint density at radius 2 is 1.94 bits per heavy atom. The topological polar surface area (TPSA) is 55.8 Å². The Labute approximate surface area is 99.2 Å².